The molecule has 7 aromatic carbocycles. The molecule has 10 rings (SSSR count). The number of nitrogens with zero attached hydrogens (tertiary/aromatic N) is 3. The molecule has 0 saturated carbocycles. The summed E-state index contributed by atoms with van der Waals surface area (Å²) in [5.41, 5.74) is 13.0. The molecular weight excluding hydrogens is 654 g/mol. The molecular formula is C47H33N3OP+. The third-order valence-corrected chi connectivity index (χ3v) is 13.1. The Labute approximate surface area is 302 Å². The van der Waals surface area contributed by atoms with Crippen LogP contribution in [0.15, 0.2) is 176 Å². The third-order valence-electron chi connectivity index (χ3n) is 10.4. The first-order chi connectivity index (χ1) is 25.5. The van der Waals surface area contributed by atoms with Crippen LogP contribution in [0.25, 0.3) is 83.4 Å². The van der Waals surface area contributed by atoms with Gasteiger partial charge in [0.25, 0.3) is 0 Å². The van der Waals surface area contributed by atoms with Gasteiger partial charge in [-0.15, -0.1) is 5.10 Å². The first-order valence-corrected chi connectivity index (χ1v) is 19.7. The van der Waals surface area contributed by atoms with E-state index in [4.69, 9.17) is 10.1 Å². The van der Waals surface area contributed by atoms with E-state index >= 15 is 0 Å². The molecule has 0 spiro atoms. The maximum Gasteiger partial charge on any atom is 0.204 e. The molecule has 0 amide bonds. The van der Waals surface area contributed by atoms with Crippen molar-refractivity contribution in [3.05, 3.63) is 176 Å². The molecule has 0 aliphatic carbocycles. The van der Waals surface area contributed by atoms with Gasteiger partial charge in [0.05, 0.1) is 6.66 Å². The quantitative estimate of drug-likeness (QED) is 0.183. The van der Waals surface area contributed by atoms with Crippen LogP contribution in [0.4, 0.5) is 0 Å². The van der Waals surface area contributed by atoms with Gasteiger partial charge in [-0.05, 0) is 80.6 Å². The van der Waals surface area contributed by atoms with Gasteiger partial charge in [0.1, 0.15) is 10.6 Å². The van der Waals surface area contributed by atoms with Crippen molar-refractivity contribution in [2.75, 3.05) is 6.66 Å². The van der Waals surface area contributed by atoms with Crippen molar-refractivity contribution in [3.63, 3.8) is 0 Å². The Morgan fingerprint density at radius 2 is 1.06 bits per heavy atom. The number of pyridine rings is 1. The number of aromatic nitrogens is 3. The summed E-state index contributed by atoms with van der Waals surface area (Å²) < 4.78 is 1.92. The highest BCUT2D eigenvalue weighted by atomic mass is 31.2. The van der Waals surface area contributed by atoms with Gasteiger partial charge in [0.2, 0.25) is 7.49 Å². The highest BCUT2D eigenvalue weighted by Crippen LogP contribution is 2.57. The second kappa shape index (κ2) is 12.0. The molecule has 246 valence electrons. The fourth-order valence-corrected chi connectivity index (χ4v) is 10.1. The zero-order valence-corrected chi connectivity index (χ0v) is 29.4. The third kappa shape index (κ3) is 4.99. The summed E-state index contributed by atoms with van der Waals surface area (Å²) in [5.74, 6) is 0.685. The van der Waals surface area contributed by atoms with E-state index in [2.05, 4.69) is 158 Å². The van der Waals surface area contributed by atoms with Gasteiger partial charge in [-0.2, -0.15) is 0 Å². The highest BCUT2D eigenvalue weighted by molar-refractivity contribution is 7.85. The lowest BCUT2D eigenvalue weighted by molar-refractivity contribution is 0.630. The average Bonchev–Trinajstić information content (AvgIpc) is 3.74. The molecule has 0 fully saturated rings. The SMILES string of the molecule is C[P+]1(O)c2ccccc2-c2cc(-c3cc(-c4ccc(-c5nc6c(-c7ccccc7)cc(-c7ccccc7)cn6n5)cc4)cc4ccccc34)ccc21. The number of fused-ring (bicyclic) bond motifs is 5. The molecule has 1 aliphatic heterocycles. The second-order valence-electron chi connectivity index (χ2n) is 13.6. The van der Waals surface area contributed by atoms with E-state index in [1.807, 2.05) is 29.4 Å². The number of hydrogen-bond donors (Lipinski definition) is 1. The number of rotatable bonds is 5. The lowest BCUT2D eigenvalue weighted by Gasteiger charge is -2.13. The zero-order chi connectivity index (χ0) is 34.8. The first kappa shape index (κ1) is 30.6. The predicted molar refractivity (Wildman–Crippen MR) is 217 cm³/mol. The van der Waals surface area contributed by atoms with Gasteiger partial charge in [0, 0.05) is 34.0 Å². The van der Waals surface area contributed by atoms with Crippen molar-refractivity contribution >= 4 is 34.5 Å². The molecule has 0 bridgehead atoms. The Morgan fingerprint density at radius 1 is 0.462 bits per heavy atom. The Morgan fingerprint density at radius 3 is 1.87 bits per heavy atom. The molecule has 4 nitrogen and oxygen atoms in total. The van der Waals surface area contributed by atoms with Crippen LogP contribution in [0.1, 0.15) is 0 Å². The van der Waals surface area contributed by atoms with E-state index in [0.717, 1.165) is 71.9 Å². The molecule has 0 saturated heterocycles. The summed E-state index contributed by atoms with van der Waals surface area (Å²) in [6, 6.07) is 59.7. The Hall–Kier alpha value is -6.19. The first-order valence-electron chi connectivity index (χ1n) is 17.5. The average molecular weight is 687 g/mol. The summed E-state index contributed by atoms with van der Waals surface area (Å²) in [6.45, 7) is 2.00. The number of hydrogen-bond acceptors (Lipinski definition) is 3. The van der Waals surface area contributed by atoms with E-state index in [9.17, 15) is 4.89 Å². The van der Waals surface area contributed by atoms with Crippen LogP contribution in [-0.4, -0.2) is 26.2 Å². The van der Waals surface area contributed by atoms with Crippen molar-refractivity contribution in [1.29, 1.82) is 0 Å². The van der Waals surface area contributed by atoms with Gasteiger partial charge >= 0.3 is 0 Å². The van der Waals surface area contributed by atoms with Gasteiger partial charge in [0.15, 0.2) is 11.5 Å². The lowest BCUT2D eigenvalue weighted by atomic mass is 9.91. The standard InChI is InChI=1S/C47H33N3OP/c1-52(51)44-19-11-10-18-40(44)43-27-36(24-25-45(43)52)41-28-37(26-35-16-8-9-17-39(35)41)32-20-22-34(23-21-32)46-48-47-42(33-14-6-3-7-15-33)29-38(30-50(47)49-46)31-12-4-2-5-13-31/h2-30,51H,1H3/q+1. The van der Waals surface area contributed by atoms with Crippen LogP contribution in [0.3, 0.4) is 0 Å². The molecule has 1 unspecified atom stereocenters. The van der Waals surface area contributed by atoms with Crippen LogP contribution in [-0.2, 0) is 0 Å². The molecule has 5 heteroatoms. The van der Waals surface area contributed by atoms with Crippen LogP contribution >= 0.6 is 7.49 Å². The summed E-state index contributed by atoms with van der Waals surface area (Å²) in [6.07, 6.45) is 2.07. The van der Waals surface area contributed by atoms with E-state index in [0.29, 0.717) is 5.82 Å². The lowest BCUT2D eigenvalue weighted by Crippen LogP contribution is -2.14. The van der Waals surface area contributed by atoms with Crippen molar-refractivity contribution < 1.29 is 4.89 Å². The second-order valence-corrected chi connectivity index (χ2v) is 16.5. The predicted octanol–water partition coefficient (Wildman–Crippen LogP) is 10.7. The largest absolute Gasteiger partial charge is 0.241 e. The van der Waals surface area contributed by atoms with Crippen molar-refractivity contribution in [1.82, 2.24) is 14.6 Å². The van der Waals surface area contributed by atoms with Crippen molar-refractivity contribution in [3.8, 4) is 67.0 Å². The molecule has 2 aromatic heterocycles. The normalized spacial score (nSPS) is 14.8. The van der Waals surface area contributed by atoms with Gasteiger partial charge in [-0.1, -0.05) is 133 Å². The Bertz CT molecular complexity index is 2810. The van der Waals surface area contributed by atoms with Crippen molar-refractivity contribution in [2.45, 2.75) is 0 Å². The van der Waals surface area contributed by atoms with E-state index in [-0.39, 0.29) is 0 Å². The highest BCUT2D eigenvalue weighted by Gasteiger charge is 2.46. The molecule has 1 N–H and O–H groups in total. The molecule has 9 aromatic rings. The molecule has 0 radical (unpaired) electrons. The van der Waals surface area contributed by atoms with Crippen LogP contribution in [0.2, 0.25) is 0 Å². The zero-order valence-electron chi connectivity index (χ0n) is 28.5. The van der Waals surface area contributed by atoms with Gasteiger partial charge < -0.3 is 0 Å². The van der Waals surface area contributed by atoms with E-state index in [1.54, 1.807) is 0 Å². The van der Waals surface area contributed by atoms with E-state index < -0.39 is 7.49 Å². The van der Waals surface area contributed by atoms with Crippen LogP contribution in [0.5, 0.6) is 0 Å². The topological polar surface area (TPSA) is 50.4 Å². The summed E-state index contributed by atoms with van der Waals surface area (Å²) in [5, 5.41) is 9.50. The fraction of sp³-hybridized carbons (Fsp3) is 0.0213. The summed E-state index contributed by atoms with van der Waals surface area (Å²) >= 11 is 0. The maximum absolute atomic E-state index is 11.6. The Balaban J connectivity index is 1.05. The van der Waals surface area contributed by atoms with E-state index in [1.165, 1.54) is 16.3 Å². The minimum atomic E-state index is -2.38. The fourth-order valence-electron chi connectivity index (χ4n) is 7.76. The molecule has 52 heavy (non-hydrogen) atoms. The van der Waals surface area contributed by atoms with Crippen LogP contribution < -0.4 is 10.6 Å². The van der Waals surface area contributed by atoms with Crippen LogP contribution in [0, 0.1) is 0 Å². The monoisotopic (exact) mass is 686 g/mol. The molecule has 3 heterocycles. The molecule has 1 aliphatic rings. The smallest absolute Gasteiger partial charge is 0.204 e. The molecule has 1 atom stereocenters. The minimum absolute atomic E-state index is 0.685. The van der Waals surface area contributed by atoms with Gasteiger partial charge in [-0.3, -0.25) is 0 Å². The number of benzene rings is 7. The summed E-state index contributed by atoms with van der Waals surface area (Å²) in [4.78, 5) is 16.7. The maximum atomic E-state index is 11.6. The van der Waals surface area contributed by atoms with Crippen molar-refractivity contribution in [2.24, 2.45) is 0 Å². The minimum Gasteiger partial charge on any atom is -0.241 e. The summed E-state index contributed by atoms with van der Waals surface area (Å²) in [7, 11) is -2.38. The van der Waals surface area contributed by atoms with Gasteiger partial charge in [-0.25, -0.2) is 14.4 Å². The Kier molecular flexibility index (Phi) is 7.04.